The van der Waals surface area contributed by atoms with Gasteiger partial charge in [-0.3, -0.25) is 14.9 Å². The van der Waals surface area contributed by atoms with E-state index in [1.807, 2.05) is 0 Å². The monoisotopic (exact) mass is 480 g/mol. The van der Waals surface area contributed by atoms with Gasteiger partial charge in [0.25, 0.3) is 5.91 Å². The molecule has 1 aromatic carbocycles. The van der Waals surface area contributed by atoms with Gasteiger partial charge < -0.3 is 4.74 Å². The van der Waals surface area contributed by atoms with E-state index in [0.29, 0.717) is 29.5 Å². The van der Waals surface area contributed by atoms with Crippen LogP contribution >= 0.6 is 22.9 Å². The lowest BCUT2D eigenvalue weighted by atomic mass is 9.49. The van der Waals surface area contributed by atoms with Crippen molar-refractivity contribution in [1.29, 1.82) is 0 Å². The molecular weight excluding hydrogens is 458 g/mol. The fourth-order valence-electron chi connectivity index (χ4n) is 6.05. The molecule has 2 aromatic rings. The molecule has 4 aliphatic rings. The fourth-order valence-corrected chi connectivity index (χ4v) is 7.47. The van der Waals surface area contributed by atoms with Gasteiger partial charge in [-0.2, -0.15) is 0 Å². The molecule has 1 amide bonds. The van der Waals surface area contributed by atoms with Gasteiger partial charge in [-0.25, -0.2) is 13.8 Å². The molecular formula is C23H23ClF2N2O3S. The summed E-state index contributed by atoms with van der Waals surface area (Å²) in [7, 11) is 0. The largest absolute Gasteiger partial charge is 0.452 e. The van der Waals surface area contributed by atoms with Crippen molar-refractivity contribution in [3.8, 4) is 11.3 Å². The number of aromatic nitrogens is 1. The molecule has 4 fully saturated rings. The van der Waals surface area contributed by atoms with E-state index in [4.69, 9.17) is 16.3 Å². The number of carbonyl (C=O) groups is 2. The molecule has 0 spiro atoms. The lowest BCUT2D eigenvalue weighted by Gasteiger charge is -2.58. The molecule has 2 unspecified atom stereocenters. The van der Waals surface area contributed by atoms with Gasteiger partial charge >= 0.3 is 5.97 Å². The van der Waals surface area contributed by atoms with Crippen molar-refractivity contribution in [1.82, 2.24) is 4.98 Å². The average molecular weight is 481 g/mol. The quantitative estimate of drug-likeness (QED) is 0.451. The van der Waals surface area contributed by atoms with E-state index in [1.54, 1.807) is 5.38 Å². The number of hydrogen-bond donors (Lipinski definition) is 1. The number of esters is 1. The first-order valence-electron chi connectivity index (χ1n) is 10.8. The SMILES string of the molecule is C[C@H](OC(=O)C12C[C@@H]3C[C@@H](CC(Cl)(C3)C1)C2)C(=O)Nc1nc(-c2ccc(F)c(F)c2)cs1. The Kier molecular flexibility index (Phi) is 5.28. The molecule has 1 aromatic heterocycles. The Hall–Kier alpha value is -2.06. The number of thiazole rings is 1. The Bertz CT molecular complexity index is 1080. The Morgan fingerprint density at radius 3 is 2.59 bits per heavy atom. The van der Waals surface area contributed by atoms with Crippen molar-refractivity contribution in [3.63, 3.8) is 0 Å². The Morgan fingerprint density at radius 2 is 1.94 bits per heavy atom. The first kappa shape index (κ1) is 21.8. The minimum absolute atomic E-state index is 0.284. The molecule has 5 nitrogen and oxygen atoms in total. The summed E-state index contributed by atoms with van der Waals surface area (Å²) in [6.07, 6.45) is 4.25. The second kappa shape index (κ2) is 7.76. The van der Waals surface area contributed by atoms with E-state index in [-0.39, 0.29) is 16.0 Å². The number of nitrogens with zero attached hydrogens (tertiary/aromatic N) is 1. The number of ether oxygens (including phenoxy) is 1. The van der Waals surface area contributed by atoms with Crippen molar-refractivity contribution in [3.05, 3.63) is 35.2 Å². The van der Waals surface area contributed by atoms with Crippen LogP contribution in [0.15, 0.2) is 23.6 Å². The van der Waals surface area contributed by atoms with E-state index in [1.165, 1.54) is 13.0 Å². The third-order valence-electron chi connectivity index (χ3n) is 7.03. The molecule has 4 aliphatic carbocycles. The summed E-state index contributed by atoms with van der Waals surface area (Å²) < 4.78 is 32.2. The smallest absolute Gasteiger partial charge is 0.312 e. The maximum atomic E-state index is 13.5. The molecule has 1 heterocycles. The molecule has 4 bridgehead atoms. The molecule has 9 heteroatoms. The van der Waals surface area contributed by atoms with E-state index in [2.05, 4.69) is 10.3 Å². The van der Waals surface area contributed by atoms with Gasteiger partial charge in [0.05, 0.1) is 11.1 Å². The molecule has 170 valence electrons. The Morgan fingerprint density at radius 1 is 1.22 bits per heavy atom. The molecule has 5 atom stereocenters. The molecule has 4 saturated carbocycles. The number of alkyl halides is 1. The normalized spacial score (nSPS) is 31.4. The lowest BCUT2D eigenvalue weighted by molar-refractivity contribution is -0.176. The molecule has 0 radical (unpaired) electrons. The summed E-state index contributed by atoms with van der Waals surface area (Å²) in [5, 5.41) is 4.56. The minimum atomic E-state index is -0.989. The standard InChI is InChI=1S/C23H23ClF2N2O3S/c1-12(31-20(30)22-6-13-4-14(7-22)9-23(24,8-13)11-22)19(29)28-21-27-18(10-32-21)15-2-3-16(25)17(26)5-15/h2-3,5,10,12-14H,4,6-9,11H2,1H3,(H,27,28,29)/t12-,13-,14+,22?,23?/m0/s1. The molecule has 6 rings (SSSR count). The number of rotatable bonds is 5. The van der Waals surface area contributed by atoms with E-state index in [0.717, 1.165) is 55.6 Å². The second-order valence-electron chi connectivity index (χ2n) is 9.60. The van der Waals surface area contributed by atoms with Crippen LogP contribution in [0.4, 0.5) is 13.9 Å². The van der Waals surface area contributed by atoms with Crippen LogP contribution in [0.25, 0.3) is 11.3 Å². The summed E-state index contributed by atoms with van der Waals surface area (Å²) in [4.78, 5) is 29.7. The van der Waals surface area contributed by atoms with Crippen molar-refractivity contribution in [2.24, 2.45) is 17.3 Å². The number of nitrogens with one attached hydrogen (secondary N) is 1. The van der Waals surface area contributed by atoms with E-state index >= 15 is 0 Å². The first-order chi connectivity index (χ1) is 15.1. The zero-order valence-corrected chi connectivity index (χ0v) is 19.1. The summed E-state index contributed by atoms with van der Waals surface area (Å²) in [5.74, 6) is -1.82. The highest BCUT2D eigenvalue weighted by molar-refractivity contribution is 7.14. The van der Waals surface area contributed by atoms with Crippen LogP contribution in [-0.2, 0) is 14.3 Å². The molecule has 1 N–H and O–H groups in total. The highest BCUT2D eigenvalue weighted by Crippen LogP contribution is 2.64. The van der Waals surface area contributed by atoms with Gasteiger partial charge in [0, 0.05) is 15.8 Å². The Labute approximate surface area is 193 Å². The average Bonchev–Trinajstić information content (AvgIpc) is 3.16. The van der Waals surface area contributed by atoms with Gasteiger partial charge in [-0.15, -0.1) is 22.9 Å². The number of halogens is 3. The van der Waals surface area contributed by atoms with Gasteiger partial charge in [0.1, 0.15) is 0 Å². The van der Waals surface area contributed by atoms with Crippen LogP contribution in [0, 0.1) is 28.9 Å². The first-order valence-corrected chi connectivity index (χ1v) is 12.0. The van der Waals surface area contributed by atoms with Crippen LogP contribution in [0.5, 0.6) is 0 Å². The third-order valence-corrected chi connectivity index (χ3v) is 8.23. The van der Waals surface area contributed by atoms with Crippen molar-refractivity contribution in [2.45, 2.75) is 56.4 Å². The second-order valence-corrected chi connectivity index (χ2v) is 11.3. The minimum Gasteiger partial charge on any atom is -0.452 e. The maximum Gasteiger partial charge on any atom is 0.312 e. The number of benzene rings is 1. The van der Waals surface area contributed by atoms with Crippen LogP contribution in [0.3, 0.4) is 0 Å². The van der Waals surface area contributed by atoms with E-state index < -0.39 is 29.1 Å². The molecule has 0 saturated heterocycles. The Balaban J connectivity index is 1.23. The molecule has 0 aliphatic heterocycles. The predicted octanol–water partition coefficient (Wildman–Crippen LogP) is 5.54. The van der Waals surface area contributed by atoms with Crippen molar-refractivity contribution < 1.29 is 23.1 Å². The fraction of sp³-hybridized carbons (Fsp3) is 0.522. The summed E-state index contributed by atoms with van der Waals surface area (Å²) >= 11 is 7.95. The van der Waals surface area contributed by atoms with Crippen LogP contribution in [-0.4, -0.2) is 27.8 Å². The van der Waals surface area contributed by atoms with Crippen LogP contribution in [0.1, 0.15) is 45.4 Å². The number of amides is 1. The van der Waals surface area contributed by atoms with Gasteiger partial charge in [0.2, 0.25) is 0 Å². The van der Waals surface area contributed by atoms with Crippen molar-refractivity contribution >= 4 is 39.9 Å². The van der Waals surface area contributed by atoms with Crippen LogP contribution in [0.2, 0.25) is 0 Å². The zero-order chi connectivity index (χ0) is 22.7. The summed E-state index contributed by atoms with van der Waals surface area (Å²) in [5.41, 5.74) is 0.230. The summed E-state index contributed by atoms with van der Waals surface area (Å²) in [6, 6.07) is 3.49. The number of hydrogen-bond acceptors (Lipinski definition) is 5. The zero-order valence-electron chi connectivity index (χ0n) is 17.5. The topological polar surface area (TPSA) is 68.3 Å². The summed E-state index contributed by atoms with van der Waals surface area (Å²) in [6.45, 7) is 1.54. The van der Waals surface area contributed by atoms with E-state index in [9.17, 15) is 18.4 Å². The van der Waals surface area contributed by atoms with Gasteiger partial charge in [0.15, 0.2) is 22.9 Å². The lowest BCUT2D eigenvalue weighted by Crippen LogP contribution is -2.57. The predicted molar refractivity (Wildman–Crippen MR) is 117 cm³/mol. The van der Waals surface area contributed by atoms with Crippen molar-refractivity contribution in [2.75, 3.05) is 5.32 Å². The van der Waals surface area contributed by atoms with Gasteiger partial charge in [-0.05, 0) is 75.5 Å². The number of anilines is 1. The van der Waals surface area contributed by atoms with Crippen LogP contribution < -0.4 is 5.32 Å². The third kappa shape index (κ3) is 3.92. The molecule has 32 heavy (non-hydrogen) atoms. The highest BCUT2D eigenvalue weighted by Gasteiger charge is 2.61. The maximum absolute atomic E-state index is 13.5. The highest BCUT2D eigenvalue weighted by atomic mass is 35.5. The van der Waals surface area contributed by atoms with Gasteiger partial charge in [-0.1, -0.05) is 0 Å². The number of carbonyl (C=O) groups excluding carboxylic acids is 2.